The van der Waals surface area contributed by atoms with E-state index in [-0.39, 0.29) is 0 Å². The van der Waals surface area contributed by atoms with Crippen LogP contribution < -0.4 is 11.1 Å². The van der Waals surface area contributed by atoms with Crippen LogP contribution in [0.3, 0.4) is 0 Å². The highest BCUT2D eigenvalue weighted by Gasteiger charge is 1.92. The molecule has 0 atom stereocenters. The minimum absolute atomic E-state index is 0.806. The van der Waals surface area contributed by atoms with Crippen molar-refractivity contribution in [1.82, 2.24) is 5.32 Å². The maximum absolute atomic E-state index is 5.63. The number of allylic oxidation sites excluding steroid dienone is 2. The molecule has 11 heavy (non-hydrogen) atoms. The Labute approximate surface area is 67.5 Å². The quantitative estimate of drug-likeness (QED) is 0.539. The first-order valence-corrected chi connectivity index (χ1v) is 3.81. The number of nitrogens with one attached hydrogen (secondary N) is 1. The van der Waals surface area contributed by atoms with Gasteiger partial charge in [0.1, 0.15) is 0 Å². The molecular formula is C9H14N2. The average molecular weight is 150 g/mol. The van der Waals surface area contributed by atoms with Crippen LogP contribution in [0.4, 0.5) is 0 Å². The van der Waals surface area contributed by atoms with E-state index in [1.807, 2.05) is 18.2 Å². The zero-order valence-corrected chi connectivity index (χ0v) is 6.64. The van der Waals surface area contributed by atoms with Gasteiger partial charge in [-0.1, -0.05) is 18.2 Å². The van der Waals surface area contributed by atoms with Crippen LogP contribution in [0, 0.1) is 0 Å². The SMILES string of the molecule is C=C1/C=C\C(N)=C/CNCC1. The van der Waals surface area contributed by atoms with Crippen molar-refractivity contribution < 1.29 is 0 Å². The molecule has 0 saturated carbocycles. The molecule has 1 aliphatic rings. The molecule has 60 valence electrons. The lowest BCUT2D eigenvalue weighted by Crippen LogP contribution is -2.15. The summed E-state index contributed by atoms with van der Waals surface area (Å²) in [5, 5.41) is 3.23. The van der Waals surface area contributed by atoms with E-state index in [1.165, 1.54) is 0 Å². The van der Waals surface area contributed by atoms with Gasteiger partial charge < -0.3 is 11.1 Å². The molecule has 0 amide bonds. The molecule has 1 heterocycles. The molecule has 0 radical (unpaired) electrons. The lowest BCUT2D eigenvalue weighted by atomic mass is 10.2. The van der Waals surface area contributed by atoms with Crippen LogP contribution in [0.2, 0.25) is 0 Å². The summed E-state index contributed by atoms with van der Waals surface area (Å²) in [5.74, 6) is 0. The van der Waals surface area contributed by atoms with Crippen molar-refractivity contribution in [2.75, 3.05) is 13.1 Å². The van der Waals surface area contributed by atoms with Crippen molar-refractivity contribution in [2.24, 2.45) is 5.73 Å². The fourth-order valence-corrected chi connectivity index (χ4v) is 0.906. The van der Waals surface area contributed by atoms with Crippen molar-refractivity contribution in [3.63, 3.8) is 0 Å². The van der Waals surface area contributed by atoms with Crippen LogP contribution in [-0.4, -0.2) is 13.1 Å². The fourth-order valence-electron chi connectivity index (χ4n) is 0.906. The molecule has 0 aromatic heterocycles. The molecule has 0 aromatic rings. The summed E-state index contributed by atoms with van der Waals surface area (Å²) in [7, 11) is 0. The van der Waals surface area contributed by atoms with E-state index in [1.54, 1.807) is 0 Å². The third kappa shape index (κ3) is 3.05. The van der Waals surface area contributed by atoms with Gasteiger partial charge in [0.05, 0.1) is 0 Å². The van der Waals surface area contributed by atoms with E-state index in [2.05, 4.69) is 11.9 Å². The number of hydrogen-bond donors (Lipinski definition) is 2. The molecule has 0 aromatic carbocycles. The predicted molar refractivity (Wildman–Crippen MR) is 48.0 cm³/mol. The van der Waals surface area contributed by atoms with Crippen molar-refractivity contribution in [2.45, 2.75) is 6.42 Å². The van der Waals surface area contributed by atoms with Gasteiger partial charge >= 0.3 is 0 Å². The molecule has 0 saturated heterocycles. The largest absolute Gasteiger partial charge is 0.399 e. The molecule has 0 aliphatic carbocycles. The molecule has 2 nitrogen and oxygen atoms in total. The molecule has 1 aliphatic heterocycles. The van der Waals surface area contributed by atoms with Gasteiger partial charge in [-0.15, -0.1) is 0 Å². The fraction of sp³-hybridized carbons (Fsp3) is 0.333. The summed E-state index contributed by atoms with van der Waals surface area (Å²) in [6.45, 7) is 5.71. The number of rotatable bonds is 0. The van der Waals surface area contributed by atoms with Crippen LogP contribution in [0.1, 0.15) is 6.42 Å². The molecule has 3 N–H and O–H groups in total. The average Bonchev–Trinajstić information content (AvgIpc) is 2.06. The minimum atomic E-state index is 0.806. The highest BCUT2D eigenvalue weighted by Crippen LogP contribution is 2.01. The Kier molecular flexibility index (Phi) is 2.93. The van der Waals surface area contributed by atoms with Crippen LogP contribution >= 0.6 is 0 Å². The standard InChI is InChI=1S/C9H14N2/c1-8-2-3-9(10)5-7-11-6-4-8/h2-3,5,11H,1,4,6-7,10H2/b3-2-,9-5+. The molecule has 0 bridgehead atoms. The third-order valence-corrected chi connectivity index (χ3v) is 1.62. The predicted octanol–water partition coefficient (Wildman–Crippen LogP) is 0.935. The van der Waals surface area contributed by atoms with E-state index in [0.29, 0.717) is 0 Å². The highest BCUT2D eigenvalue weighted by molar-refractivity contribution is 5.25. The van der Waals surface area contributed by atoms with Crippen LogP contribution in [0.5, 0.6) is 0 Å². The third-order valence-electron chi connectivity index (χ3n) is 1.62. The minimum Gasteiger partial charge on any atom is -0.399 e. The van der Waals surface area contributed by atoms with E-state index >= 15 is 0 Å². The zero-order valence-electron chi connectivity index (χ0n) is 6.64. The molecule has 1 rings (SSSR count). The van der Waals surface area contributed by atoms with Crippen molar-refractivity contribution in [3.05, 3.63) is 36.1 Å². The maximum Gasteiger partial charge on any atom is 0.0286 e. The lowest BCUT2D eigenvalue weighted by Gasteiger charge is -1.98. The topological polar surface area (TPSA) is 38.0 Å². The van der Waals surface area contributed by atoms with Crippen LogP contribution in [-0.2, 0) is 0 Å². The summed E-state index contributed by atoms with van der Waals surface area (Å²) >= 11 is 0. The molecule has 0 spiro atoms. The second-order valence-corrected chi connectivity index (χ2v) is 2.65. The Bertz CT molecular complexity index is 202. The van der Waals surface area contributed by atoms with Crippen molar-refractivity contribution >= 4 is 0 Å². The smallest absolute Gasteiger partial charge is 0.0286 e. The monoisotopic (exact) mass is 150 g/mol. The summed E-state index contributed by atoms with van der Waals surface area (Å²) in [5.41, 5.74) is 7.56. The van der Waals surface area contributed by atoms with Gasteiger partial charge in [-0.2, -0.15) is 0 Å². The molecule has 0 fully saturated rings. The summed E-state index contributed by atoms with van der Waals surface area (Å²) in [4.78, 5) is 0. The van der Waals surface area contributed by atoms with Gasteiger partial charge in [0.2, 0.25) is 0 Å². The van der Waals surface area contributed by atoms with Gasteiger partial charge in [-0.3, -0.25) is 0 Å². The molecular weight excluding hydrogens is 136 g/mol. The normalized spacial score (nSPS) is 27.6. The Morgan fingerprint density at radius 3 is 3.09 bits per heavy atom. The van der Waals surface area contributed by atoms with Gasteiger partial charge in [-0.25, -0.2) is 0 Å². The Morgan fingerprint density at radius 2 is 2.27 bits per heavy atom. The van der Waals surface area contributed by atoms with Gasteiger partial charge in [0.15, 0.2) is 0 Å². The first-order valence-electron chi connectivity index (χ1n) is 3.81. The lowest BCUT2D eigenvalue weighted by molar-refractivity contribution is 0.747. The van der Waals surface area contributed by atoms with Crippen LogP contribution in [0.15, 0.2) is 36.1 Å². The van der Waals surface area contributed by atoms with Gasteiger partial charge in [0.25, 0.3) is 0 Å². The summed E-state index contributed by atoms with van der Waals surface area (Å²) in [6.07, 6.45) is 6.83. The van der Waals surface area contributed by atoms with Gasteiger partial charge in [-0.05, 0) is 25.1 Å². The Hall–Kier alpha value is -1.02. The summed E-state index contributed by atoms with van der Waals surface area (Å²) in [6, 6.07) is 0. The van der Waals surface area contributed by atoms with Crippen molar-refractivity contribution in [1.29, 1.82) is 0 Å². The first-order chi connectivity index (χ1) is 5.29. The van der Waals surface area contributed by atoms with Gasteiger partial charge in [0, 0.05) is 12.2 Å². The molecule has 2 heteroatoms. The summed E-state index contributed by atoms with van der Waals surface area (Å²) < 4.78 is 0. The highest BCUT2D eigenvalue weighted by atomic mass is 14.8. The second kappa shape index (κ2) is 3.98. The number of nitrogens with two attached hydrogens (primary N) is 1. The zero-order chi connectivity index (χ0) is 8.10. The Morgan fingerprint density at radius 1 is 1.45 bits per heavy atom. The van der Waals surface area contributed by atoms with E-state index in [4.69, 9.17) is 5.73 Å². The number of hydrogen-bond acceptors (Lipinski definition) is 2. The Balaban J connectivity index is 2.61. The van der Waals surface area contributed by atoms with E-state index in [9.17, 15) is 0 Å². The van der Waals surface area contributed by atoms with Crippen molar-refractivity contribution in [3.8, 4) is 0 Å². The second-order valence-electron chi connectivity index (χ2n) is 2.65. The van der Waals surface area contributed by atoms with E-state index in [0.717, 1.165) is 30.8 Å². The first kappa shape index (κ1) is 8.08. The molecule has 0 unspecified atom stereocenters. The van der Waals surface area contributed by atoms with Crippen LogP contribution in [0.25, 0.3) is 0 Å². The maximum atomic E-state index is 5.63. The van der Waals surface area contributed by atoms with E-state index < -0.39 is 0 Å².